The molecule has 1 aliphatic carbocycles. The van der Waals surface area contributed by atoms with Gasteiger partial charge >= 0.3 is 0 Å². The van der Waals surface area contributed by atoms with Gasteiger partial charge in [0.1, 0.15) is 5.60 Å². The van der Waals surface area contributed by atoms with E-state index in [1.54, 1.807) is 0 Å². The zero-order chi connectivity index (χ0) is 8.60. The van der Waals surface area contributed by atoms with Gasteiger partial charge in [0.05, 0.1) is 6.10 Å². The van der Waals surface area contributed by atoms with E-state index < -0.39 is 11.7 Å². The monoisotopic (exact) mass is 164 g/mol. The fourth-order valence-corrected chi connectivity index (χ4v) is 1.61. The minimum atomic E-state index is -0.971. The highest BCUT2D eigenvalue weighted by Gasteiger charge is 2.45. The van der Waals surface area contributed by atoms with Crippen LogP contribution in [-0.4, -0.2) is 16.3 Å². The first-order chi connectivity index (χ1) is 5.73. The summed E-state index contributed by atoms with van der Waals surface area (Å²) in [5, 5.41) is 19.3. The molecule has 2 unspecified atom stereocenters. The predicted octanol–water partition coefficient (Wildman–Crippen LogP) is 1.03. The van der Waals surface area contributed by atoms with Crippen molar-refractivity contribution in [1.29, 1.82) is 0 Å². The Kier molecular flexibility index (Phi) is 1.67. The Morgan fingerprint density at radius 2 is 1.92 bits per heavy atom. The Morgan fingerprint density at radius 3 is 2.33 bits per heavy atom. The summed E-state index contributed by atoms with van der Waals surface area (Å²) in [6.45, 7) is 0. The fourth-order valence-electron chi connectivity index (χ4n) is 1.61. The summed E-state index contributed by atoms with van der Waals surface area (Å²) in [5.41, 5.74) is -0.148. The largest absolute Gasteiger partial charge is 0.390 e. The van der Waals surface area contributed by atoms with Crippen molar-refractivity contribution in [2.24, 2.45) is 0 Å². The summed E-state index contributed by atoms with van der Waals surface area (Å²) < 4.78 is 0. The lowest BCUT2D eigenvalue weighted by Gasteiger charge is -2.42. The number of aliphatic hydroxyl groups excluding tert-OH is 1. The van der Waals surface area contributed by atoms with Gasteiger partial charge in [0.15, 0.2) is 0 Å². The maximum atomic E-state index is 9.90. The van der Waals surface area contributed by atoms with Crippen molar-refractivity contribution in [3.05, 3.63) is 35.9 Å². The summed E-state index contributed by atoms with van der Waals surface area (Å²) in [6, 6.07) is 9.35. The Balaban J connectivity index is 2.31. The van der Waals surface area contributed by atoms with Gasteiger partial charge in [-0.1, -0.05) is 30.3 Å². The molecule has 2 atom stereocenters. The Hall–Kier alpha value is -0.860. The Morgan fingerprint density at radius 1 is 1.25 bits per heavy atom. The number of rotatable bonds is 1. The Bertz CT molecular complexity index is 270. The third-order valence-corrected chi connectivity index (χ3v) is 2.62. The van der Waals surface area contributed by atoms with E-state index >= 15 is 0 Å². The molecule has 1 aromatic rings. The van der Waals surface area contributed by atoms with Gasteiger partial charge in [-0.15, -0.1) is 0 Å². The lowest BCUT2D eigenvalue weighted by molar-refractivity contribution is -0.151. The predicted molar refractivity (Wildman–Crippen MR) is 45.6 cm³/mol. The third-order valence-electron chi connectivity index (χ3n) is 2.62. The average Bonchev–Trinajstić information content (AvgIpc) is 2.16. The molecule has 0 saturated heterocycles. The van der Waals surface area contributed by atoms with Crippen LogP contribution in [0.2, 0.25) is 0 Å². The first kappa shape index (κ1) is 7.77. The molecule has 0 radical (unpaired) electrons. The molecule has 0 amide bonds. The second-order valence-corrected chi connectivity index (χ2v) is 3.34. The minimum Gasteiger partial charge on any atom is -0.390 e. The van der Waals surface area contributed by atoms with Crippen LogP contribution in [0.4, 0.5) is 0 Å². The minimum absolute atomic E-state index is 0.583. The number of hydrogen-bond donors (Lipinski definition) is 2. The lowest BCUT2D eigenvalue weighted by atomic mass is 9.72. The van der Waals surface area contributed by atoms with E-state index in [9.17, 15) is 10.2 Å². The second kappa shape index (κ2) is 2.57. The summed E-state index contributed by atoms with van der Waals surface area (Å²) in [6.07, 6.45) is 0.781. The molecule has 2 nitrogen and oxygen atoms in total. The van der Waals surface area contributed by atoms with Gasteiger partial charge in [-0.05, 0) is 18.4 Å². The summed E-state index contributed by atoms with van der Waals surface area (Å²) in [5.74, 6) is 0. The first-order valence-corrected chi connectivity index (χ1v) is 4.19. The van der Waals surface area contributed by atoms with Gasteiger partial charge < -0.3 is 10.2 Å². The quantitative estimate of drug-likeness (QED) is 0.650. The molecule has 0 heterocycles. The van der Waals surface area contributed by atoms with Gasteiger partial charge in [-0.2, -0.15) is 0 Å². The van der Waals surface area contributed by atoms with Crippen LogP contribution in [0, 0.1) is 0 Å². The van der Waals surface area contributed by atoms with E-state index in [0.717, 1.165) is 5.56 Å². The van der Waals surface area contributed by atoms with Crippen molar-refractivity contribution in [1.82, 2.24) is 0 Å². The van der Waals surface area contributed by atoms with E-state index in [1.165, 1.54) is 0 Å². The molecule has 0 spiro atoms. The maximum absolute atomic E-state index is 9.90. The molecule has 1 saturated carbocycles. The smallest absolute Gasteiger partial charge is 0.115 e. The molecule has 1 aromatic carbocycles. The lowest BCUT2D eigenvalue weighted by Crippen LogP contribution is -2.48. The van der Waals surface area contributed by atoms with Crippen LogP contribution in [0.3, 0.4) is 0 Å². The molecule has 12 heavy (non-hydrogen) atoms. The van der Waals surface area contributed by atoms with Crippen LogP contribution in [0.1, 0.15) is 18.4 Å². The number of benzene rings is 1. The highest BCUT2D eigenvalue weighted by Crippen LogP contribution is 2.40. The molecule has 1 aliphatic rings. The van der Waals surface area contributed by atoms with E-state index in [2.05, 4.69) is 0 Å². The standard InChI is InChI=1S/C10H12O2/c11-9-6-7-10(9,12)8-4-2-1-3-5-8/h1-5,9,11-12H,6-7H2. The molecule has 2 N–H and O–H groups in total. The SMILES string of the molecule is OC1CCC1(O)c1ccccc1. The zero-order valence-corrected chi connectivity index (χ0v) is 6.77. The topological polar surface area (TPSA) is 40.5 Å². The summed E-state index contributed by atoms with van der Waals surface area (Å²) in [7, 11) is 0. The van der Waals surface area contributed by atoms with E-state index in [0.29, 0.717) is 12.8 Å². The van der Waals surface area contributed by atoms with Crippen molar-refractivity contribution < 1.29 is 10.2 Å². The zero-order valence-electron chi connectivity index (χ0n) is 6.77. The van der Waals surface area contributed by atoms with Gasteiger partial charge in [0.25, 0.3) is 0 Å². The number of aliphatic hydroxyl groups is 2. The van der Waals surface area contributed by atoms with E-state index in [-0.39, 0.29) is 0 Å². The van der Waals surface area contributed by atoms with Crippen LogP contribution < -0.4 is 0 Å². The van der Waals surface area contributed by atoms with Crippen LogP contribution in [0.5, 0.6) is 0 Å². The van der Waals surface area contributed by atoms with Crippen molar-refractivity contribution >= 4 is 0 Å². The van der Waals surface area contributed by atoms with Crippen molar-refractivity contribution in [3.63, 3.8) is 0 Å². The van der Waals surface area contributed by atoms with Crippen LogP contribution in [-0.2, 0) is 5.60 Å². The van der Waals surface area contributed by atoms with Gasteiger partial charge in [-0.25, -0.2) is 0 Å². The Labute approximate surface area is 71.5 Å². The summed E-state index contributed by atoms with van der Waals surface area (Å²) >= 11 is 0. The highest BCUT2D eigenvalue weighted by atomic mass is 16.3. The fraction of sp³-hybridized carbons (Fsp3) is 0.400. The van der Waals surface area contributed by atoms with Gasteiger partial charge in [-0.3, -0.25) is 0 Å². The third kappa shape index (κ3) is 0.958. The molecule has 2 heteroatoms. The van der Waals surface area contributed by atoms with Crippen LogP contribution in [0.15, 0.2) is 30.3 Å². The molecule has 0 aromatic heterocycles. The molecule has 0 aliphatic heterocycles. The van der Waals surface area contributed by atoms with Crippen molar-refractivity contribution in [2.45, 2.75) is 24.5 Å². The normalized spacial score (nSPS) is 34.3. The van der Waals surface area contributed by atoms with E-state index in [4.69, 9.17) is 0 Å². The molecular formula is C10H12O2. The molecule has 1 fully saturated rings. The average molecular weight is 164 g/mol. The second-order valence-electron chi connectivity index (χ2n) is 3.34. The molecule has 0 bridgehead atoms. The van der Waals surface area contributed by atoms with E-state index in [1.807, 2.05) is 30.3 Å². The van der Waals surface area contributed by atoms with Crippen LogP contribution in [0.25, 0.3) is 0 Å². The van der Waals surface area contributed by atoms with Gasteiger partial charge in [0, 0.05) is 0 Å². The summed E-state index contributed by atoms with van der Waals surface area (Å²) in [4.78, 5) is 0. The molecule has 2 rings (SSSR count). The number of hydrogen-bond acceptors (Lipinski definition) is 2. The first-order valence-electron chi connectivity index (χ1n) is 4.19. The maximum Gasteiger partial charge on any atom is 0.115 e. The highest BCUT2D eigenvalue weighted by molar-refractivity contribution is 5.26. The van der Waals surface area contributed by atoms with Crippen molar-refractivity contribution in [2.75, 3.05) is 0 Å². The molecular weight excluding hydrogens is 152 g/mol. The van der Waals surface area contributed by atoms with Gasteiger partial charge in [0.2, 0.25) is 0 Å². The van der Waals surface area contributed by atoms with Crippen molar-refractivity contribution in [3.8, 4) is 0 Å². The van der Waals surface area contributed by atoms with Crippen LogP contribution >= 0.6 is 0 Å². The molecule has 64 valence electrons.